The zero-order valence-electron chi connectivity index (χ0n) is 13.0. The number of aromatic nitrogens is 3. The maximum Gasteiger partial charge on any atom is 0.257 e. The zero-order chi connectivity index (χ0) is 16.3. The van der Waals surface area contributed by atoms with Crippen LogP contribution in [0.3, 0.4) is 0 Å². The van der Waals surface area contributed by atoms with Gasteiger partial charge in [-0.2, -0.15) is 4.98 Å². The van der Waals surface area contributed by atoms with Crippen molar-refractivity contribution < 1.29 is 14.2 Å². The molecule has 0 radical (unpaired) electrons. The molecule has 118 valence electrons. The van der Waals surface area contributed by atoms with Gasteiger partial charge in [0, 0.05) is 6.07 Å². The smallest absolute Gasteiger partial charge is 0.257 e. The first-order valence-corrected chi connectivity index (χ1v) is 6.65. The number of hydrogen-bond acceptors (Lipinski definition) is 8. The molecule has 0 saturated carbocycles. The molecule has 0 unspecified atom stereocenters. The van der Waals surface area contributed by atoms with E-state index in [4.69, 9.17) is 25.7 Å². The highest BCUT2D eigenvalue weighted by Crippen LogP contribution is 2.37. The fourth-order valence-corrected chi connectivity index (χ4v) is 1.86. The molecule has 0 saturated heterocycles. The van der Waals surface area contributed by atoms with E-state index in [1.54, 1.807) is 6.07 Å². The van der Waals surface area contributed by atoms with Gasteiger partial charge in [-0.15, -0.1) is 0 Å². The monoisotopic (exact) mass is 305 g/mol. The van der Waals surface area contributed by atoms with Crippen molar-refractivity contribution in [2.24, 2.45) is 0 Å². The average molecular weight is 305 g/mol. The van der Waals surface area contributed by atoms with Crippen molar-refractivity contribution in [3.63, 3.8) is 0 Å². The molecule has 8 nitrogen and oxygen atoms in total. The van der Waals surface area contributed by atoms with Crippen LogP contribution < -0.4 is 25.7 Å². The number of anilines is 2. The van der Waals surface area contributed by atoms with Crippen LogP contribution in [0.5, 0.6) is 23.1 Å². The largest absolute Gasteiger partial charge is 0.491 e. The Kier molecular flexibility index (Phi) is 4.50. The molecule has 0 aromatic carbocycles. The van der Waals surface area contributed by atoms with Gasteiger partial charge in [0.05, 0.1) is 26.1 Å². The van der Waals surface area contributed by atoms with Gasteiger partial charge in [-0.1, -0.05) is 13.8 Å². The molecule has 2 rings (SSSR count). The van der Waals surface area contributed by atoms with Crippen molar-refractivity contribution in [1.29, 1.82) is 0 Å². The van der Waals surface area contributed by atoms with E-state index in [1.807, 2.05) is 13.8 Å². The Hall–Kier alpha value is -2.77. The highest BCUT2D eigenvalue weighted by atomic mass is 16.5. The molecule has 0 fully saturated rings. The van der Waals surface area contributed by atoms with Crippen molar-refractivity contribution in [2.45, 2.75) is 19.8 Å². The molecule has 0 bridgehead atoms. The molecule has 0 spiro atoms. The second kappa shape index (κ2) is 6.33. The summed E-state index contributed by atoms with van der Waals surface area (Å²) in [6.45, 7) is 3.98. The Morgan fingerprint density at radius 3 is 2.27 bits per heavy atom. The molecular formula is C14H19N5O3. The summed E-state index contributed by atoms with van der Waals surface area (Å²) in [7, 11) is 3.06. The van der Waals surface area contributed by atoms with Gasteiger partial charge in [-0.3, -0.25) is 0 Å². The summed E-state index contributed by atoms with van der Waals surface area (Å²) in [5.74, 6) is 1.97. The third-order valence-electron chi connectivity index (χ3n) is 2.93. The Labute approximate surface area is 128 Å². The van der Waals surface area contributed by atoms with Crippen LogP contribution in [-0.4, -0.2) is 29.2 Å². The molecule has 0 aliphatic heterocycles. The molecule has 2 aromatic heterocycles. The Morgan fingerprint density at radius 1 is 1.00 bits per heavy atom. The summed E-state index contributed by atoms with van der Waals surface area (Å²) < 4.78 is 16.3. The van der Waals surface area contributed by atoms with Crippen LogP contribution in [0, 0.1) is 0 Å². The zero-order valence-corrected chi connectivity index (χ0v) is 13.0. The summed E-state index contributed by atoms with van der Waals surface area (Å²) >= 11 is 0. The van der Waals surface area contributed by atoms with E-state index in [0.717, 1.165) is 0 Å². The van der Waals surface area contributed by atoms with Crippen LogP contribution in [0.2, 0.25) is 0 Å². The Balaban J connectivity index is 2.48. The van der Waals surface area contributed by atoms with E-state index in [0.29, 0.717) is 28.8 Å². The standard InChI is InChI=1S/C14H19N5O3/c1-7(2)11-8(5-9(20-3)13(18-11)21-4)22-10-6-17-14(16)19-12(10)15/h5-7H,1-4H3,(H4,15,16,17,19). The first-order valence-electron chi connectivity index (χ1n) is 6.65. The van der Waals surface area contributed by atoms with Crippen molar-refractivity contribution in [3.8, 4) is 23.1 Å². The molecule has 0 aliphatic rings. The molecule has 4 N–H and O–H groups in total. The number of ether oxygens (including phenoxy) is 3. The van der Waals surface area contributed by atoms with Crippen molar-refractivity contribution in [3.05, 3.63) is 18.0 Å². The lowest BCUT2D eigenvalue weighted by atomic mass is 10.1. The van der Waals surface area contributed by atoms with Gasteiger partial charge >= 0.3 is 0 Å². The van der Waals surface area contributed by atoms with Gasteiger partial charge in [0.1, 0.15) is 0 Å². The van der Waals surface area contributed by atoms with E-state index in [2.05, 4.69) is 15.0 Å². The van der Waals surface area contributed by atoms with Crippen LogP contribution >= 0.6 is 0 Å². The van der Waals surface area contributed by atoms with E-state index in [1.165, 1.54) is 20.4 Å². The van der Waals surface area contributed by atoms with Crippen LogP contribution in [0.1, 0.15) is 25.5 Å². The van der Waals surface area contributed by atoms with Gasteiger partial charge in [-0.25, -0.2) is 9.97 Å². The predicted octanol–water partition coefficient (Wildman–Crippen LogP) is 1.97. The summed E-state index contributed by atoms with van der Waals surface area (Å²) in [5, 5.41) is 0. The highest BCUT2D eigenvalue weighted by Gasteiger charge is 2.18. The van der Waals surface area contributed by atoms with Gasteiger partial charge in [-0.05, 0) is 5.92 Å². The van der Waals surface area contributed by atoms with Gasteiger partial charge in [0.25, 0.3) is 5.88 Å². The third-order valence-corrected chi connectivity index (χ3v) is 2.93. The normalized spacial score (nSPS) is 10.6. The quantitative estimate of drug-likeness (QED) is 0.860. The minimum Gasteiger partial charge on any atom is -0.491 e. The minimum atomic E-state index is 0.0827. The summed E-state index contributed by atoms with van der Waals surface area (Å²) in [4.78, 5) is 12.2. The molecule has 0 aliphatic carbocycles. The summed E-state index contributed by atoms with van der Waals surface area (Å²) in [6.07, 6.45) is 1.42. The van der Waals surface area contributed by atoms with Gasteiger partial charge in [0.15, 0.2) is 23.1 Å². The Morgan fingerprint density at radius 2 is 1.73 bits per heavy atom. The van der Waals surface area contributed by atoms with Crippen molar-refractivity contribution >= 4 is 11.8 Å². The second-order valence-electron chi connectivity index (χ2n) is 4.82. The van der Waals surface area contributed by atoms with Crippen molar-refractivity contribution in [2.75, 3.05) is 25.7 Å². The van der Waals surface area contributed by atoms with Crippen molar-refractivity contribution in [1.82, 2.24) is 15.0 Å². The number of nitrogens with two attached hydrogens (primary N) is 2. The fraction of sp³-hybridized carbons (Fsp3) is 0.357. The number of nitrogen functional groups attached to an aromatic ring is 2. The summed E-state index contributed by atoms with van der Waals surface area (Å²) in [5.41, 5.74) is 12.0. The molecule has 22 heavy (non-hydrogen) atoms. The molecule has 0 amide bonds. The number of nitrogens with zero attached hydrogens (tertiary/aromatic N) is 3. The lowest BCUT2D eigenvalue weighted by Gasteiger charge is -2.16. The number of methoxy groups -OCH3 is 2. The SMILES string of the molecule is COc1cc(Oc2cnc(N)nc2N)c(C(C)C)nc1OC. The topological polar surface area (TPSA) is 118 Å². The van der Waals surface area contributed by atoms with Gasteiger partial charge < -0.3 is 25.7 Å². The van der Waals surface area contributed by atoms with E-state index in [9.17, 15) is 0 Å². The number of rotatable bonds is 5. The van der Waals surface area contributed by atoms with Gasteiger partial charge in [0.2, 0.25) is 5.95 Å². The second-order valence-corrected chi connectivity index (χ2v) is 4.82. The van der Waals surface area contributed by atoms with E-state index < -0.39 is 0 Å². The molecular weight excluding hydrogens is 286 g/mol. The first kappa shape index (κ1) is 15.6. The van der Waals surface area contributed by atoms with Crippen LogP contribution in [-0.2, 0) is 0 Å². The average Bonchev–Trinajstić information content (AvgIpc) is 2.49. The van der Waals surface area contributed by atoms with Crippen LogP contribution in [0.15, 0.2) is 12.3 Å². The van der Waals surface area contributed by atoms with E-state index in [-0.39, 0.29) is 17.7 Å². The number of hydrogen-bond donors (Lipinski definition) is 2. The Bertz CT molecular complexity index is 676. The molecule has 8 heteroatoms. The molecule has 2 heterocycles. The maximum atomic E-state index is 5.79. The molecule has 0 atom stereocenters. The highest BCUT2D eigenvalue weighted by molar-refractivity contribution is 5.52. The van der Waals surface area contributed by atoms with Crippen LogP contribution in [0.25, 0.3) is 0 Å². The predicted molar refractivity (Wildman–Crippen MR) is 82.4 cm³/mol. The lowest BCUT2D eigenvalue weighted by molar-refractivity contribution is 0.336. The first-order chi connectivity index (χ1) is 10.5. The maximum absolute atomic E-state index is 5.79. The fourth-order valence-electron chi connectivity index (χ4n) is 1.86. The number of pyridine rings is 1. The summed E-state index contributed by atoms with van der Waals surface area (Å²) in [6, 6.07) is 1.69. The van der Waals surface area contributed by atoms with E-state index >= 15 is 0 Å². The van der Waals surface area contributed by atoms with Crippen LogP contribution in [0.4, 0.5) is 11.8 Å². The molecule has 2 aromatic rings. The minimum absolute atomic E-state index is 0.0827. The third kappa shape index (κ3) is 3.11. The lowest BCUT2D eigenvalue weighted by Crippen LogP contribution is -2.05.